The lowest BCUT2D eigenvalue weighted by Gasteiger charge is -2.41. The first-order valence-electron chi connectivity index (χ1n) is 24.7. The van der Waals surface area contributed by atoms with E-state index in [1.807, 2.05) is 60.5 Å². The zero-order valence-electron chi connectivity index (χ0n) is 42.9. The summed E-state index contributed by atoms with van der Waals surface area (Å²) in [5.41, 5.74) is 0.483. The highest BCUT2D eigenvalue weighted by Crippen LogP contribution is 2.30. The predicted octanol–water partition coefficient (Wildman–Crippen LogP) is 2.61. The molecule has 6 amide bonds. The van der Waals surface area contributed by atoms with Gasteiger partial charge in [0.2, 0.25) is 33.7 Å². The number of aliphatic hydroxyl groups is 1. The summed E-state index contributed by atoms with van der Waals surface area (Å²) < 4.78 is 39.3. The molecule has 0 bridgehead atoms. The van der Waals surface area contributed by atoms with Crippen LogP contribution in [0.15, 0.2) is 24.3 Å². The van der Waals surface area contributed by atoms with Gasteiger partial charge in [-0.2, -0.15) is 0 Å². The Kier molecular flexibility index (Phi) is 21.0. The molecule has 2 heterocycles. The number of aliphatic hydroxyl groups excluding tert-OH is 1. The molecule has 394 valence electrons. The van der Waals surface area contributed by atoms with Crippen LogP contribution in [0.5, 0.6) is 5.75 Å². The van der Waals surface area contributed by atoms with E-state index in [0.29, 0.717) is 50.5 Å². The predicted molar refractivity (Wildman–Crippen MR) is 261 cm³/mol. The van der Waals surface area contributed by atoms with Gasteiger partial charge >= 0.3 is 12.1 Å². The molecule has 1 aliphatic carbocycles. The zero-order valence-corrected chi connectivity index (χ0v) is 43.7. The van der Waals surface area contributed by atoms with Crippen molar-refractivity contribution in [2.75, 3.05) is 47.9 Å². The van der Waals surface area contributed by atoms with Crippen molar-refractivity contribution in [3.05, 3.63) is 29.8 Å². The minimum atomic E-state index is -4.01. The third kappa shape index (κ3) is 15.1. The van der Waals surface area contributed by atoms with Gasteiger partial charge in [0.1, 0.15) is 17.8 Å². The number of rotatable bonds is 24. The number of aliphatic carboxylic acids is 1. The minimum absolute atomic E-state index is 0.0125. The molecule has 1 unspecified atom stereocenters. The maximum atomic E-state index is 14.3. The van der Waals surface area contributed by atoms with Crippen molar-refractivity contribution in [1.82, 2.24) is 35.0 Å². The lowest BCUT2D eigenvalue weighted by molar-refractivity contribution is -0.147. The van der Waals surface area contributed by atoms with Crippen molar-refractivity contribution in [2.45, 2.75) is 154 Å². The number of likely N-dealkylation sites (N-methyl/N-ethyl adjacent to an activating group) is 2. The minimum Gasteiger partial charge on any atom is -0.481 e. The smallest absolute Gasteiger partial charge is 0.415 e. The van der Waals surface area contributed by atoms with Gasteiger partial charge in [0.25, 0.3) is 5.91 Å². The third-order valence-electron chi connectivity index (χ3n) is 14.2. The van der Waals surface area contributed by atoms with Gasteiger partial charge in [-0.05, 0) is 88.1 Å². The number of carboxylic acids is 1. The van der Waals surface area contributed by atoms with E-state index >= 15 is 0 Å². The zero-order chi connectivity index (χ0) is 52.4. The Bertz CT molecular complexity index is 2090. The van der Waals surface area contributed by atoms with Crippen molar-refractivity contribution in [3.63, 3.8) is 0 Å². The van der Waals surface area contributed by atoms with Crippen molar-refractivity contribution in [3.8, 4) is 5.75 Å². The van der Waals surface area contributed by atoms with Crippen molar-refractivity contribution >= 4 is 51.6 Å². The lowest BCUT2D eigenvalue weighted by atomic mass is 9.89. The van der Waals surface area contributed by atoms with Gasteiger partial charge in [-0.25, -0.2) is 13.2 Å². The molecule has 2 aliphatic heterocycles. The van der Waals surface area contributed by atoms with Crippen molar-refractivity contribution in [1.29, 1.82) is 0 Å². The van der Waals surface area contributed by atoms with Crippen LogP contribution in [0, 0.1) is 29.6 Å². The number of carboxylic acid groups (broad SMARTS) is 1. The number of nitrogens with zero attached hydrogens (tertiary/aromatic N) is 4. The van der Waals surface area contributed by atoms with Crippen LogP contribution in [0.25, 0.3) is 0 Å². The standard InChI is InChI=1S/C49H79N7O13S/c1-12-30(6)42(54(10)47(62)40(28(2)3)51-46(61)41(29(4)5)53(8)9)38(68-11)27-39(57)56-23-13-14-37(56)43(58)31(7)44(59)50-36(45(60)52-70(66,67)35-19-20-35)26-32-15-17-34(18-16-32)69-49(65)55-24-21-33(22-25-55)48(63)64/h15-18,28-31,33,35-38,40-43,58H,12-14,19-27H2,1-11H3,(H,50,59)(H,51,61)(H,52,60)(H,63,64)/t30-,31+,36-,37-,38+,40-,41?,42-,43+/m0/s1. The summed E-state index contributed by atoms with van der Waals surface area (Å²) in [7, 11) is 2.75. The number of hydrogen-bond acceptors (Lipinski definition) is 13. The molecule has 1 aromatic rings. The van der Waals surface area contributed by atoms with Crippen LogP contribution in [0.3, 0.4) is 0 Å². The summed E-state index contributed by atoms with van der Waals surface area (Å²) in [6.45, 7) is 13.8. The quantitative estimate of drug-likeness (QED) is 0.0998. The second kappa shape index (κ2) is 25.5. The fourth-order valence-corrected chi connectivity index (χ4v) is 11.0. The van der Waals surface area contributed by atoms with Gasteiger partial charge in [0, 0.05) is 40.2 Å². The Balaban J connectivity index is 1.46. The number of amides is 6. The number of benzene rings is 1. The topological polar surface area (TPSA) is 262 Å². The largest absolute Gasteiger partial charge is 0.481 e. The number of sulfonamides is 1. The first kappa shape index (κ1) is 57.7. The molecule has 3 aliphatic rings. The van der Waals surface area contributed by atoms with E-state index in [0.717, 1.165) is 0 Å². The Labute approximate surface area is 414 Å². The summed E-state index contributed by atoms with van der Waals surface area (Å²) >= 11 is 0. The highest BCUT2D eigenvalue weighted by molar-refractivity contribution is 7.90. The number of nitrogens with one attached hydrogen (secondary N) is 3. The van der Waals surface area contributed by atoms with Crippen LogP contribution >= 0.6 is 0 Å². The average molecular weight is 1010 g/mol. The van der Waals surface area contributed by atoms with Crippen LogP contribution in [0.4, 0.5) is 4.79 Å². The Morgan fingerprint density at radius 1 is 0.829 bits per heavy atom. The Hall–Kier alpha value is -4.86. The second-order valence-corrected chi connectivity index (χ2v) is 22.3. The number of piperidine rings is 1. The molecular formula is C49H79N7O13S. The molecule has 20 nitrogen and oxygen atoms in total. The lowest BCUT2D eigenvalue weighted by Crippen LogP contribution is -2.59. The van der Waals surface area contributed by atoms with Crippen LogP contribution < -0.4 is 20.1 Å². The SMILES string of the molecule is CC[C@H](C)[C@@H]([C@@H](CC(=O)N1CCC[C@H]1[C@H](O)[C@@H](C)C(=O)N[C@@H](Cc1ccc(OC(=O)N2CCC(C(=O)O)CC2)cc1)C(=O)NS(=O)(=O)C1CC1)OC)N(C)C(=O)[C@@H](NC(=O)C(C(C)C)N(C)C)C(C)C. The van der Waals surface area contributed by atoms with Crippen molar-refractivity contribution < 1.29 is 61.7 Å². The van der Waals surface area contributed by atoms with E-state index in [2.05, 4.69) is 15.4 Å². The molecule has 1 aromatic carbocycles. The third-order valence-corrected chi connectivity index (χ3v) is 16.1. The van der Waals surface area contributed by atoms with Gasteiger partial charge in [0.05, 0.1) is 53.8 Å². The second-order valence-electron chi connectivity index (χ2n) is 20.3. The van der Waals surface area contributed by atoms with E-state index in [9.17, 15) is 52.2 Å². The van der Waals surface area contributed by atoms with Gasteiger partial charge in [-0.3, -0.25) is 38.4 Å². The van der Waals surface area contributed by atoms with E-state index in [4.69, 9.17) is 9.47 Å². The van der Waals surface area contributed by atoms with Gasteiger partial charge in [0.15, 0.2) is 0 Å². The van der Waals surface area contributed by atoms with Gasteiger partial charge < -0.3 is 45.0 Å². The fraction of sp³-hybridized carbons (Fsp3) is 0.735. The number of ether oxygens (including phenoxy) is 2. The Morgan fingerprint density at radius 2 is 1.44 bits per heavy atom. The number of likely N-dealkylation sites (tertiary alicyclic amines) is 2. The monoisotopic (exact) mass is 1010 g/mol. The highest BCUT2D eigenvalue weighted by atomic mass is 32.2. The fourth-order valence-electron chi connectivity index (χ4n) is 9.66. The molecule has 70 heavy (non-hydrogen) atoms. The highest BCUT2D eigenvalue weighted by Gasteiger charge is 2.44. The summed E-state index contributed by atoms with van der Waals surface area (Å²) in [4.78, 5) is 100. The molecular weight excluding hydrogens is 927 g/mol. The molecule has 2 saturated heterocycles. The van der Waals surface area contributed by atoms with E-state index in [1.165, 1.54) is 36.0 Å². The molecule has 0 radical (unpaired) electrons. The molecule has 4 rings (SSSR count). The maximum absolute atomic E-state index is 14.3. The number of hydrogen-bond donors (Lipinski definition) is 5. The van der Waals surface area contributed by atoms with E-state index in [-0.39, 0.29) is 73.7 Å². The average Bonchev–Trinajstić information content (AvgIpc) is 4.07. The van der Waals surface area contributed by atoms with Crippen LogP contribution in [-0.4, -0.2) is 175 Å². The molecule has 0 spiro atoms. The molecule has 1 saturated carbocycles. The van der Waals surface area contributed by atoms with Crippen LogP contribution in [0.2, 0.25) is 0 Å². The Morgan fingerprint density at radius 3 is 1.96 bits per heavy atom. The molecule has 3 fully saturated rings. The van der Waals surface area contributed by atoms with E-state index < -0.39 is 93.4 Å². The van der Waals surface area contributed by atoms with Crippen molar-refractivity contribution in [2.24, 2.45) is 29.6 Å². The first-order chi connectivity index (χ1) is 32.8. The summed E-state index contributed by atoms with van der Waals surface area (Å²) in [6, 6.07) is 2.00. The van der Waals surface area contributed by atoms with E-state index in [1.54, 1.807) is 24.1 Å². The molecule has 9 atom stereocenters. The number of methoxy groups -OCH3 is 1. The maximum Gasteiger partial charge on any atom is 0.415 e. The summed E-state index contributed by atoms with van der Waals surface area (Å²) in [5, 5.41) is 26.0. The molecule has 0 aromatic heterocycles. The molecule has 5 N–H and O–H groups in total. The molecule has 21 heteroatoms. The summed E-state index contributed by atoms with van der Waals surface area (Å²) in [5.74, 6) is -5.49. The summed E-state index contributed by atoms with van der Waals surface area (Å²) in [6.07, 6.45) is -0.190. The van der Waals surface area contributed by atoms with Gasteiger partial charge in [-0.1, -0.05) is 67.0 Å². The van der Waals surface area contributed by atoms with Crippen LogP contribution in [0.1, 0.15) is 105 Å². The van der Waals surface area contributed by atoms with Gasteiger partial charge in [-0.15, -0.1) is 0 Å². The number of carbonyl (C=O) groups is 7. The number of carbonyl (C=O) groups excluding carboxylic acids is 6. The van der Waals surface area contributed by atoms with Crippen LogP contribution in [-0.2, 0) is 49.9 Å². The first-order valence-corrected chi connectivity index (χ1v) is 26.3. The normalized spacial score (nSPS) is 20.2.